The van der Waals surface area contributed by atoms with Crippen molar-refractivity contribution in [1.29, 1.82) is 0 Å². The third kappa shape index (κ3) is 5.63. The van der Waals surface area contributed by atoms with E-state index in [4.69, 9.17) is 23.2 Å². The zero-order valence-corrected chi connectivity index (χ0v) is 12.7. The fourth-order valence-corrected chi connectivity index (χ4v) is 2.15. The Bertz CT molecular complexity index is 498. The van der Waals surface area contributed by atoms with E-state index in [-0.39, 0.29) is 18.2 Å². The van der Waals surface area contributed by atoms with E-state index in [0.29, 0.717) is 28.8 Å². The summed E-state index contributed by atoms with van der Waals surface area (Å²) in [6.07, 6.45) is 1.81. The Morgan fingerprint density at radius 3 is 2.40 bits per heavy atom. The second-order valence-corrected chi connectivity index (χ2v) is 5.08. The number of carbonyl (C=O) groups is 2. The maximum absolute atomic E-state index is 11.8. The Morgan fingerprint density at radius 1 is 1.30 bits per heavy atom. The molecule has 0 aliphatic rings. The van der Waals surface area contributed by atoms with Crippen molar-refractivity contribution in [3.63, 3.8) is 0 Å². The fourth-order valence-electron chi connectivity index (χ4n) is 1.62. The molecule has 0 spiro atoms. The number of nitrogens with zero attached hydrogens (tertiary/aromatic N) is 1. The van der Waals surface area contributed by atoms with Gasteiger partial charge in [-0.2, -0.15) is 0 Å². The lowest BCUT2D eigenvalue weighted by Crippen LogP contribution is -2.32. The monoisotopic (exact) mass is 314 g/mol. The van der Waals surface area contributed by atoms with E-state index in [1.165, 1.54) is 11.8 Å². The van der Waals surface area contributed by atoms with Gasteiger partial charge in [0.25, 0.3) is 0 Å². The molecule has 0 saturated carbocycles. The number of halogens is 2. The summed E-state index contributed by atoms with van der Waals surface area (Å²) in [5.41, 5.74) is 0.533. The summed E-state index contributed by atoms with van der Waals surface area (Å²) in [4.78, 5) is 24.7. The van der Waals surface area contributed by atoms with E-state index in [0.717, 1.165) is 0 Å². The van der Waals surface area contributed by atoms with Gasteiger partial charge < -0.3 is 10.2 Å². The van der Waals surface area contributed by atoms with Gasteiger partial charge in [0.05, 0.1) is 0 Å². The minimum Gasteiger partial charge on any atom is -0.339 e. The van der Waals surface area contributed by atoms with Crippen molar-refractivity contribution in [2.45, 2.75) is 13.3 Å². The Labute approximate surface area is 128 Å². The molecule has 0 saturated heterocycles. The summed E-state index contributed by atoms with van der Waals surface area (Å²) in [6.45, 7) is 5.79. The highest BCUT2D eigenvalue weighted by Gasteiger charge is 2.10. The van der Waals surface area contributed by atoms with Crippen LogP contribution in [0.1, 0.15) is 13.3 Å². The van der Waals surface area contributed by atoms with Gasteiger partial charge in [-0.15, -0.1) is 6.58 Å². The van der Waals surface area contributed by atoms with Crippen molar-refractivity contribution in [1.82, 2.24) is 4.90 Å². The summed E-state index contributed by atoms with van der Waals surface area (Å²) in [6, 6.07) is 4.80. The highest BCUT2D eigenvalue weighted by atomic mass is 35.5. The van der Waals surface area contributed by atoms with Crippen molar-refractivity contribution in [2.75, 3.05) is 18.4 Å². The Morgan fingerprint density at radius 2 is 1.90 bits per heavy atom. The molecule has 1 aromatic rings. The van der Waals surface area contributed by atoms with E-state index in [2.05, 4.69) is 11.9 Å². The first kappa shape index (κ1) is 16.5. The second-order valence-electron chi connectivity index (χ2n) is 4.21. The molecular formula is C14H16Cl2N2O2. The summed E-state index contributed by atoms with van der Waals surface area (Å²) in [5.74, 6) is -0.304. The van der Waals surface area contributed by atoms with Crippen LogP contribution in [0.25, 0.3) is 0 Å². The maximum Gasteiger partial charge on any atom is 0.226 e. The molecule has 0 fully saturated rings. The molecule has 6 heteroatoms. The molecule has 0 atom stereocenters. The molecule has 0 unspecified atom stereocenters. The summed E-state index contributed by atoms with van der Waals surface area (Å²) in [5, 5.41) is 3.59. The summed E-state index contributed by atoms with van der Waals surface area (Å²) < 4.78 is 0. The largest absolute Gasteiger partial charge is 0.339 e. The van der Waals surface area contributed by atoms with E-state index < -0.39 is 0 Å². The van der Waals surface area contributed by atoms with Crippen LogP contribution in [-0.4, -0.2) is 29.8 Å². The molecule has 0 aliphatic carbocycles. The number of hydrogen-bond donors (Lipinski definition) is 1. The molecule has 0 aromatic heterocycles. The number of amides is 2. The normalized spacial score (nSPS) is 9.95. The van der Waals surface area contributed by atoms with Crippen LogP contribution < -0.4 is 5.32 Å². The van der Waals surface area contributed by atoms with Crippen LogP contribution in [0.5, 0.6) is 0 Å². The zero-order chi connectivity index (χ0) is 15.1. The number of benzene rings is 1. The van der Waals surface area contributed by atoms with E-state index >= 15 is 0 Å². The Balaban J connectivity index is 2.54. The molecule has 108 valence electrons. The van der Waals surface area contributed by atoms with Gasteiger partial charge in [-0.25, -0.2) is 0 Å². The lowest BCUT2D eigenvalue weighted by Gasteiger charge is -2.18. The summed E-state index contributed by atoms with van der Waals surface area (Å²) >= 11 is 11.7. The molecule has 0 heterocycles. The number of rotatable bonds is 6. The molecule has 0 radical (unpaired) electrons. The van der Waals surface area contributed by atoms with Crippen LogP contribution in [-0.2, 0) is 9.59 Å². The quantitative estimate of drug-likeness (QED) is 0.818. The van der Waals surface area contributed by atoms with Gasteiger partial charge >= 0.3 is 0 Å². The molecule has 1 N–H and O–H groups in total. The lowest BCUT2D eigenvalue weighted by atomic mass is 10.3. The third-order valence-corrected chi connectivity index (χ3v) is 2.99. The Kier molecular flexibility index (Phi) is 6.55. The predicted octanol–water partition coefficient (Wildman–Crippen LogP) is 3.36. The average molecular weight is 315 g/mol. The van der Waals surface area contributed by atoms with Crippen LogP contribution in [0.4, 0.5) is 5.69 Å². The first-order chi connectivity index (χ1) is 9.42. The van der Waals surface area contributed by atoms with Crippen LogP contribution in [0.3, 0.4) is 0 Å². The third-order valence-electron chi connectivity index (χ3n) is 2.55. The number of hydrogen-bond acceptors (Lipinski definition) is 2. The minimum atomic E-state index is -0.210. The molecule has 0 bridgehead atoms. The van der Waals surface area contributed by atoms with Crippen molar-refractivity contribution < 1.29 is 9.59 Å². The van der Waals surface area contributed by atoms with Gasteiger partial charge in [-0.05, 0) is 18.2 Å². The molecule has 4 nitrogen and oxygen atoms in total. The fraction of sp³-hybridized carbons (Fsp3) is 0.286. The van der Waals surface area contributed by atoms with Crippen LogP contribution in [0.2, 0.25) is 10.0 Å². The number of carbonyl (C=O) groups excluding carboxylic acids is 2. The lowest BCUT2D eigenvalue weighted by molar-refractivity contribution is -0.128. The number of anilines is 1. The molecular weight excluding hydrogens is 299 g/mol. The predicted molar refractivity (Wildman–Crippen MR) is 82.2 cm³/mol. The van der Waals surface area contributed by atoms with Crippen molar-refractivity contribution in [2.24, 2.45) is 0 Å². The average Bonchev–Trinajstić information content (AvgIpc) is 2.32. The second kappa shape index (κ2) is 7.92. The van der Waals surface area contributed by atoms with Crippen LogP contribution in [0, 0.1) is 0 Å². The highest BCUT2D eigenvalue weighted by Crippen LogP contribution is 2.22. The topological polar surface area (TPSA) is 49.4 Å². The van der Waals surface area contributed by atoms with E-state index in [9.17, 15) is 9.59 Å². The molecule has 20 heavy (non-hydrogen) atoms. The molecule has 1 rings (SSSR count). The van der Waals surface area contributed by atoms with E-state index in [1.54, 1.807) is 24.3 Å². The minimum absolute atomic E-state index is 0.0940. The smallest absolute Gasteiger partial charge is 0.226 e. The maximum atomic E-state index is 11.8. The van der Waals surface area contributed by atoms with Crippen molar-refractivity contribution in [3.05, 3.63) is 40.9 Å². The van der Waals surface area contributed by atoms with Gasteiger partial charge in [0.1, 0.15) is 0 Å². The van der Waals surface area contributed by atoms with E-state index in [1.807, 2.05) is 0 Å². The first-order valence-electron chi connectivity index (χ1n) is 6.04. The molecule has 0 aliphatic heterocycles. The molecule has 2 amide bonds. The van der Waals surface area contributed by atoms with Gasteiger partial charge in [0.15, 0.2) is 0 Å². The Hall–Kier alpha value is -1.52. The highest BCUT2D eigenvalue weighted by molar-refractivity contribution is 6.35. The van der Waals surface area contributed by atoms with Crippen molar-refractivity contribution in [3.8, 4) is 0 Å². The zero-order valence-electron chi connectivity index (χ0n) is 11.2. The van der Waals surface area contributed by atoms with Crippen LogP contribution >= 0.6 is 23.2 Å². The standard InChI is InChI=1S/C14H16Cl2N2O2/c1-3-5-18(10(2)19)6-4-14(20)17-13-8-11(15)7-12(16)9-13/h3,7-9H,1,4-6H2,2H3,(H,17,20). The number of nitrogens with one attached hydrogen (secondary N) is 1. The van der Waals surface area contributed by atoms with Crippen molar-refractivity contribution >= 4 is 40.7 Å². The van der Waals surface area contributed by atoms with Gasteiger partial charge in [0, 0.05) is 42.2 Å². The van der Waals surface area contributed by atoms with Crippen LogP contribution in [0.15, 0.2) is 30.9 Å². The molecule has 1 aromatic carbocycles. The van der Waals surface area contributed by atoms with Gasteiger partial charge in [-0.3, -0.25) is 9.59 Å². The van der Waals surface area contributed by atoms with Gasteiger partial charge in [-0.1, -0.05) is 29.3 Å². The first-order valence-corrected chi connectivity index (χ1v) is 6.80. The summed E-state index contributed by atoms with van der Waals surface area (Å²) in [7, 11) is 0. The SMILES string of the molecule is C=CCN(CCC(=O)Nc1cc(Cl)cc(Cl)c1)C(C)=O. The van der Waals surface area contributed by atoms with Gasteiger partial charge in [0.2, 0.25) is 11.8 Å².